The highest BCUT2D eigenvalue weighted by Gasteiger charge is 2.64. The summed E-state index contributed by atoms with van der Waals surface area (Å²) < 4.78 is 37.7. The van der Waals surface area contributed by atoms with Crippen LogP contribution < -0.4 is 0 Å². The molecule has 0 bridgehead atoms. The average Bonchev–Trinajstić information content (AvgIpc) is 2.84. The van der Waals surface area contributed by atoms with Crippen LogP contribution in [-0.2, 0) is 14.4 Å². The van der Waals surface area contributed by atoms with E-state index in [4.69, 9.17) is 11.6 Å². The van der Waals surface area contributed by atoms with E-state index in [-0.39, 0.29) is 13.1 Å². The Balaban J connectivity index is 2.20. The molecular formula is C16H17ClF3NO3. The summed E-state index contributed by atoms with van der Waals surface area (Å²) in [6.45, 7) is 6.66. The van der Waals surface area contributed by atoms with Crippen molar-refractivity contribution in [3.63, 3.8) is 0 Å². The third-order valence-corrected chi connectivity index (χ3v) is 5.02. The fraction of sp³-hybridized carbons (Fsp3) is 0.562. The minimum absolute atomic E-state index is 0.144. The number of likely N-dealkylation sites (tertiary alicyclic amines) is 1. The molecule has 3 unspecified atom stereocenters. The Hall–Kier alpha value is -1.63. The van der Waals surface area contributed by atoms with E-state index in [1.807, 2.05) is 0 Å². The van der Waals surface area contributed by atoms with Crippen LogP contribution in [-0.4, -0.2) is 41.6 Å². The number of carbonyl (C=O) groups excluding carboxylic acids is 3. The molecule has 132 valence electrons. The first-order chi connectivity index (χ1) is 10.9. The van der Waals surface area contributed by atoms with Gasteiger partial charge in [-0.05, 0) is 11.3 Å². The van der Waals surface area contributed by atoms with Gasteiger partial charge in [-0.15, -0.1) is 6.58 Å². The molecule has 3 atom stereocenters. The maximum absolute atomic E-state index is 12.6. The predicted molar refractivity (Wildman–Crippen MR) is 81.0 cm³/mol. The zero-order valence-corrected chi connectivity index (χ0v) is 13.9. The van der Waals surface area contributed by atoms with Crippen LogP contribution in [0.3, 0.4) is 0 Å². The van der Waals surface area contributed by atoms with E-state index < -0.39 is 51.9 Å². The number of allylic oxidation sites excluding steroid dienone is 2. The molecular weight excluding hydrogens is 347 g/mol. The molecule has 1 aliphatic carbocycles. The molecule has 0 radical (unpaired) electrons. The molecule has 1 saturated carbocycles. The summed E-state index contributed by atoms with van der Waals surface area (Å²) in [4.78, 5) is 38.0. The van der Waals surface area contributed by atoms with Gasteiger partial charge < -0.3 is 4.90 Å². The monoisotopic (exact) mass is 363 g/mol. The number of ketones is 2. The van der Waals surface area contributed by atoms with Crippen LogP contribution in [0.4, 0.5) is 13.2 Å². The van der Waals surface area contributed by atoms with Gasteiger partial charge in [0.2, 0.25) is 5.91 Å². The first-order valence-electron chi connectivity index (χ1n) is 7.33. The van der Waals surface area contributed by atoms with Crippen LogP contribution in [0.5, 0.6) is 0 Å². The largest absolute Gasteiger partial charge is 0.426 e. The second-order valence-corrected chi connectivity index (χ2v) is 7.05. The number of hydrogen-bond acceptors (Lipinski definition) is 3. The lowest BCUT2D eigenvalue weighted by Gasteiger charge is -2.12. The van der Waals surface area contributed by atoms with Crippen molar-refractivity contribution >= 4 is 29.1 Å². The van der Waals surface area contributed by atoms with Crippen molar-refractivity contribution < 1.29 is 27.6 Å². The van der Waals surface area contributed by atoms with E-state index in [2.05, 4.69) is 6.58 Å². The first kappa shape index (κ1) is 18.7. The van der Waals surface area contributed by atoms with E-state index in [1.54, 1.807) is 13.8 Å². The van der Waals surface area contributed by atoms with Crippen LogP contribution in [0.2, 0.25) is 0 Å². The summed E-state index contributed by atoms with van der Waals surface area (Å²) in [6, 6.07) is 0. The lowest BCUT2D eigenvalue weighted by atomic mass is 9.94. The quantitative estimate of drug-likeness (QED) is 0.557. The van der Waals surface area contributed by atoms with Crippen LogP contribution in [0, 0.1) is 23.2 Å². The van der Waals surface area contributed by atoms with E-state index in [9.17, 15) is 27.6 Å². The summed E-state index contributed by atoms with van der Waals surface area (Å²) in [5, 5.41) is -1.30. The molecule has 2 aliphatic rings. The van der Waals surface area contributed by atoms with Crippen LogP contribution in [0.15, 0.2) is 23.8 Å². The van der Waals surface area contributed by atoms with Gasteiger partial charge in [0, 0.05) is 12.5 Å². The maximum atomic E-state index is 12.6. The van der Waals surface area contributed by atoms with E-state index >= 15 is 0 Å². The smallest absolute Gasteiger partial charge is 0.331 e. The Kier molecular flexibility index (Phi) is 4.69. The van der Waals surface area contributed by atoms with Gasteiger partial charge in [0.15, 0.2) is 17.5 Å². The van der Waals surface area contributed by atoms with Crippen molar-refractivity contribution in [3.8, 4) is 0 Å². The van der Waals surface area contributed by atoms with E-state index in [0.717, 1.165) is 6.08 Å². The molecule has 1 heterocycles. The second-order valence-electron chi connectivity index (χ2n) is 6.65. The van der Waals surface area contributed by atoms with Gasteiger partial charge in [-0.1, -0.05) is 37.6 Å². The van der Waals surface area contributed by atoms with Gasteiger partial charge in [0.1, 0.15) is 5.03 Å². The lowest BCUT2D eigenvalue weighted by Crippen LogP contribution is -2.32. The minimum atomic E-state index is -4.69. The number of rotatable bonds is 5. The van der Waals surface area contributed by atoms with Gasteiger partial charge in [0.25, 0.3) is 0 Å². The number of alkyl halides is 3. The summed E-state index contributed by atoms with van der Waals surface area (Å²) >= 11 is 5.24. The third-order valence-electron chi connectivity index (χ3n) is 4.68. The Bertz CT molecular complexity index is 639. The predicted octanol–water partition coefficient (Wildman–Crippen LogP) is 2.73. The molecule has 2 fully saturated rings. The molecule has 1 amide bonds. The van der Waals surface area contributed by atoms with Crippen LogP contribution in [0.1, 0.15) is 13.8 Å². The highest BCUT2D eigenvalue weighted by Crippen LogP contribution is 2.61. The molecule has 0 N–H and O–H groups in total. The van der Waals surface area contributed by atoms with Crippen molar-refractivity contribution in [2.24, 2.45) is 23.2 Å². The Morgan fingerprint density at radius 3 is 2.50 bits per heavy atom. The molecule has 8 heteroatoms. The first-order valence-corrected chi connectivity index (χ1v) is 7.71. The summed E-state index contributed by atoms with van der Waals surface area (Å²) in [5.41, 5.74) is -0.783. The molecule has 0 aromatic carbocycles. The van der Waals surface area contributed by atoms with E-state index in [1.165, 1.54) is 11.0 Å². The molecule has 24 heavy (non-hydrogen) atoms. The number of hydrogen-bond donors (Lipinski definition) is 0. The molecule has 2 rings (SSSR count). The van der Waals surface area contributed by atoms with Crippen LogP contribution in [0.25, 0.3) is 0 Å². The maximum Gasteiger partial charge on any atom is 0.426 e. The van der Waals surface area contributed by atoms with Gasteiger partial charge in [-0.2, -0.15) is 13.2 Å². The number of amides is 1. The molecule has 1 aliphatic heterocycles. The number of nitrogens with zero attached hydrogens (tertiary/aromatic N) is 1. The summed E-state index contributed by atoms with van der Waals surface area (Å²) in [5.74, 6) is -4.80. The summed E-state index contributed by atoms with van der Waals surface area (Å²) in [7, 11) is 0. The number of halogens is 4. The summed E-state index contributed by atoms with van der Waals surface area (Å²) in [6.07, 6.45) is -2.45. The van der Waals surface area contributed by atoms with Crippen molar-refractivity contribution in [1.29, 1.82) is 0 Å². The van der Waals surface area contributed by atoms with E-state index in [0.29, 0.717) is 0 Å². The molecule has 0 spiro atoms. The van der Waals surface area contributed by atoms with Gasteiger partial charge in [-0.3, -0.25) is 14.4 Å². The zero-order valence-electron chi connectivity index (χ0n) is 13.2. The Morgan fingerprint density at radius 2 is 2.00 bits per heavy atom. The molecule has 0 aromatic heterocycles. The molecule has 0 aromatic rings. The topological polar surface area (TPSA) is 54.5 Å². The highest BCUT2D eigenvalue weighted by molar-refractivity contribution is 6.30. The molecule has 1 saturated heterocycles. The van der Waals surface area contributed by atoms with Crippen molar-refractivity contribution in [1.82, 2.24) is 4.90 Å². The fourth-order valence-corrected chi connectivity index (χ4v) is 3.37. The van der Waals surface area contributed by atoms with Crippen molar-refractivity contribution in [2.75, 3.05) is 13.1 Å². The average molecular weight is 364 g/mol. The van der Waals surface area contributed by atoms with Gasteiger partial charge in [0.05, 0.1) is 6.54 Å². The highest BCUT2D eigenvalue weighted by atomic mass is 35.5. The SMILES string of the molecule is C=CCN1CC(=O)C(C(=O)C2C(/C=C(\Cl)C(F)(F)F)C2(C)C)C1=O. The van der Waals surface area contributed by atoms with Gasteiger partial charge >= 0.3 is 6.18 Å². The lowest BCUT2D eigenvalue weighted by molar-refractivity contribution is -0.139. The van der Waals surface area contributed by atoms with Gasteiger partial charge in [-0.25, -0.2) is 0 Å². The van der Waals surface area contributed by atoms with Crippen LogP contribution >= 0.6 is 11.6 Å². The normalized spacial score (nSPS) is 29.8. The van der Waals surface area contributed by atoms with Crippen molar-refractivity contribution in [3.05, 3.63) is 23.8 Å². The minimum Gasteiger partial charge on any atom is -0.331 e. The fourth-order valence-electron chi connectivity index (χ4n) is 3.23. The standard InChI is InChI=1S/C16H17ClF3NO3/c1-4-5-21-7-9(22)11(14(21)24)13(23)12-8(15(12,2)3)6-10(17)16(18,19)20/h4,6,8,11-12H,1,5,7H2,2-3H3/b10-6-. The number of carbonyl (C=O) groups is 3. The zero-order chi connectivity index (χ0) is 18.4. The second kappa shape index (κ2) is 6.02. The molecule has 4 nitrogen and oxygen atoms in total. The van der Waals surface area contributed by atoms with Crippen molar-refractivity contribution in [2.45, 2.75) is 20.0 Å². The Morgan fingerprint density at radius 1 is 1.42 bits per heavy atom. The number of Topliss-reactive ketones (excluding diaryl/α,β-unsaturated/α-hetero) is 2. The third kappa shape index (κ3) is 3.14. The Labute approximate surface area is 142 Å².